The van der Waals surface area contributed by atoms with Gasteiger partial charge in [-0.15, -0.1) is 0 Å². The van der Waals surface area contributed by atoms with Crippen molar-refractivity contribution in [3.63, 3.8) is 0 Å². The van der Waals surface area contributed by atoms with E-state index in [4.69, 9.17) is 4.74 Å². The molecule has 0 atom stereocenters. The summed E-state index contributed by atoms with van der Waals surface area (Å²) in [4.78, 5) is 12.3. The molecule has 8 heteroatoms. The van der Waals surface area contributed by atoms with Crippen LogP contribution in [0.25, 0.3) is 0 Å². The molecule has 1 N–H and O–H groups in total. The van der Waals surface area contributed by atoms with Gasteiger partial charge in [-0.3, -0.25) is 4.79 Å². The molecule has 144 valence electrons. The van der Waals surface area contributed by atoms with Crippen molar-refractivity contribution in [2.75, 3.05) is 6.61 Å². The smallest absolute Gasteiger partial charge is 0.267 e. The fourth-order valence-corrected chi connectivity index (χ4v) is 5.19. The van der Waals surface area contributed by atoms with Gasteiger partial charge >= 0.3 is 0 Å². The number of aromatic nitrogens is 2. The summed E-state index contributed by atoms with van der Waals surface area (Å²) < 4.78 is 35.3. The maximum absolute atomic E-state index is 12.7. The Morgan fingerprint density at radius 1 is 1.15 bits per heavy atom. The Labute approximate surface area is 158 Å². The minimum atomic E-state index is -3.57. The molecular weight excluding hydrogens is 366 g/mol. The van der Waals surface area contributed by atoms with E-state index in [1.165, 1.54) is 6.07 Å². The van der Waals surface area contributed by atoms with Crippen LogP contribution in [0.3, 0.4) is 0 Å². The summed E-state index contributed by atoms with van der Waals surface area (Å²) in [5.41, 5.74) is 1.63. The molecule has 2 aliphatic rings. The SMILES string of the molecule is Cc1ccc(=O)n(C2CCC(NS(=O)(=O)c3ccc4c(c3)CCO4)CC2)n1. The first-order valence-corrected chi connectivity index (χ1v) is 10.8. The number of hydrogen-bond donors (Lipinski definition) is 1. The molecule has 0 spiro atoms. The van der Waals surface area contributed by atoms with Gasteiger partial charge in [0.25, 0.3) is 5.56 Å². The minimum Gasteiger partial charge on any atom is -0.493 e. The number of aryl methyl sites for hydroxylation is 1. The second kappa shape index (κ2) is 7.09. The third-order valence-corrected chi connectivity index (χ3v) is 6.81. The number of nitrogens with one attached hydrogen (secondary N) is 1. The summed E-state index contributed by atoms with van der Waals surface area (Å²) in [5, 5.41) is 4.33. The molecule has 1 fully saturated rings. The number of nitrogens with zero attached hydrogens (tertiary/aromatic N) is 2. The summed E-state index contributed by atoms with van der Waals surface area (Å²) in [6.07, 6.45) is 3.55. The minimum absolute atomic E-state index is 0.0234. The summed E-state index contributed by atoms with van der Waals surface area (Å²) in [6.45, 7) is 2.46. The van der Waals surface area contributed by atoms with Gasteiger partial charge in [0, 0.05) is 18.5 Å². The van der Waals surface area contributed by atoms with Gasteiger partial charge in [-0.25, -0.2) is 17.8 Å². The largest absolute Gasteiger partial charge is 0.493 e. The standard InChI is InChI=1S/C19H23N3O4S/c1-13-2-9-19(23)22(20-13)16-5-3-15(4-6-16)21-27(24,25)17-7-8-18-14(12-17)10-11-26-18/h2,7-9,12,15-16,21H,3-6,10-11H2,1H3. The molecule has 7 nitrogen and oxygen atoms in total. The molecule has 0 saturated heterocycles. The Morgan fingerprint density at radius 2 is 1.93 bits per heavy atom. The van der Waals surface area contributed by atoms with Crippen molar-refractivity contribution in [1.82, 2.24) is 14.5 Å². The fraction of sp³-hybridized carbons (Fsp3) is 0.474. The quantitative estimate of drug-likeness (QED) is 0.863. The first-order chi connectivity index (χ1) is 12.9. The van der Waals surface area contributed by atoms with E-state index in [9.17, 15) is 13.2 Å². The molecule has 0 bridgehead atoms. The summed E-state index contributed by atoms with van der Waals surface area (Å²) >= 11 is 0. The van der Waals surface area contributed by atoms with Gasteiger partial charge in [0.15, 0.2) is 0 Å². The van der Waals surface area contributed by atoms with E-state index >= 15 is 0 Å². The molecule has 2 aromatic rings. The first-order valence-electron chi connectivity index (χ1n) is 9.27. The van der Waals surface area contributed by atoms with E-state index < -0.39 is 10.0 Å². The Bertz CT molecular complexity index is 1010. The van der Waals surface area contributed by atoms with E-state index in [1.54, 1.807) is 28.9 Å². The van der Waals surface area contributed by atoms with E-state index in [-0.39, 0.29) is 22.5 Å². The van der Waals surface area contributed by atoms with Gasteiger partial charge in [0.2, 0.25) is 10.0 Å². The molecule has 4 rings (SSSR count). The van der Waals surface area contributed by atoms with Crippen LogP contribution < -0.4 is 15.0 Å². The van der Waals surface area contributed by atoms with Crippen LogP contribution >= 0.6 is 0 Å². The highest BCUT2D eigenvalue weighted by Crippen LogP contribution is 2.30. The van der Waals surface area contributed by atoms with Crippen molar-refractivity contribution in [2.24, 2.45) is 0 Å². The van der Waals surface area contributed by atoms with Crippen LogP contribution in [0.2, 0.25) is 0 Å². The van der Waals surface area contributed by atoms with Crippen molar-refractivity contribution in [1.29, 1.82) is 0 Å². The lowest BCUT2D eigenvalue weighted by atomic mass is 9.92. The van der Waals surface area contributed by atoms with Crippen molar-refractivity contribution in [3.05, 3.63) is 51.9 Å². The third-order valence-electron chi connectivity index (χ3n) is 5.29. The Balaban J connectivity index is 1.43. The van der Waals surface area contributed by atoms with Crippen molar-refractivity contribution >= 4 is 10.0 Å². The van der Waals surface area contributed by atoms with Gasteiger partial charge in [-0.2, -0.15) is 5.10 Å². The molecule has 1 saturated carbocycles. The normalized spacial score (nSPS) is 22.3. The van der Waals surface area contributed by atoms with Gasteiger partial charge in [0.05, 0.1) is 23.2 Å². The van der Waals surface area contributed by atoms with Gasteiger partial charge < -0.3 is 4.74 Å². The monoisotopic (exact) mass is 389 g/mol. The zero-order valence-corrected chi connectivity index (χ0v) is 16.0. The van der Waals surface area contributed by atoms with Crippen molar-refractivity contribution in [2.45, 2.75) is 56.0 Å². The van der Waals surface area contributed by atoms with Gasteiger partial charge in [-0.05, 0) is 62.4 Å². The van der Waals surface area contributed by atoms with E-state index in [2.05, 4.69) is 9.82 Å². The van der Waals surface area contributed by atoms with Crippen LogP contribution in [0.1, 0.15) is 43.0 Å². The average molecular weight is 389 g/mol. The van der Waals surface area contributed by atoms with Crippen LogP contribution in [0.15, 0.2) is 40.0 Å². The molecule has 1 aliphatic heterocycles. The third kappa shape index (κ3) is 3.77. The topological polar surface area (TPSA) is 90.3 Å². The number of hydrogen-bond acceptors (Lipinski definition) is 5. The summed E-state index contributed by atoms with van der Waals surface area (Å²) in [5.74, 6) is 0.769. The first kappa shape index (κ1) is 18.2. The van der Waals surface area contributed by atoms with Crippen LogP contribution in [-0.4, -0.2) is 30.8 Å². The van der Waals surface area contributed by atoms with Crippen LogP contribution in [-0.2, 0) is 16.4 Å². The molecule has 0 radical (unpaired) electrons. The maximum Gasteiger partial charge on any atom is 0.267 e. The van der Waals surface area contributed by atoms with Crippen LogP contribution in [0.5, 0.6) is 5.75 Å². The van der Waals surface area contributed by atoms with Crippen LogP contribution in [0, 0.1) is 6.92 Å². The Hall–Kier alpha value is -2.19. The Kier molecular flexibility index (Phi) is 4.77. The molecule has 0 unspecified atom stereocenters. The second-order valence-corrected chi connectivity index (χ2v) is 8.97. The predicted octanol–water partition coefficient (Wildman–Crippen LogP) is 1.95. The highest BCUT2D eigenvalue weighted by atomic mass is 32.2. The van der Waals surface area contributed by atoms with E-state index in [1.807, 2.05) is 6.92 Å². The molecule has 1 aromatic heterocycles. The number of benzene rings is 1. The molecule has 27 heavy (non-hydrogen) atoms. The zero-order chi connectivity index (χ0) is 19.0. The predicted molar refractivity (Wildman–Crippen MR) is 100 cm³/mol. The highest BCUT2D eigenvalue weighted by molar-refractivity contribution is 7.89. The summed E-state index contributed by atoms with van der Waals surface area (Å²) in [7, 11) is -3.57. The molecule has 1 aliphatic carbocycles. The zero-order valence-electron chi connectivity index (χ0n) is 15.2. The van der Waals surface area contributed by atoms with Crippen molar-refractivity contribution in [3.8, 4) is 5.75 Å². The number of ether oxygens (including phenoxy) is 1. The second-order valence-electron chi connectivity index (χ2n) is 7.25. The lowest BCUT2D eigenvalue weighted by Gasteiger charge is -2.29. The van der Waals surface area contributed by atoms with E-state index in [0.717, 1.165) is 36.3 Å². The molecular formula is C19H23N3O4S. The number of sulfonamides is 1. The lowest BCUT2D eigenvalue weighted by Crippen LogP contribution is -2.39. The summed E-state index contributed by atoms with van der Waals surface area (Å²) in [6, 6.07) is 8.16. The highest BCUT2D eigenvalue weighted by Gasteiger charge is 2.28. The number of rotatable bonds is 4. The molecule has 2 heterocycles. The fourth-order valence-electron chi connectivity index (χ4n) is 3.84. The van der Waals surface area contributed by atoms with Crippen molar-refractivity contribution < 1.29 is 13.2 Å². The average Bonchev–Trinajstić information content (AvgIpc) is 3.12. The number of fused-ring (bicyclic) bond motifs is 1. The maximum atomic E-state index is 12.7. The Morgan fingerprint density at radius 3 is 2.70 bits per heavy atom. The van der Waals surface area contributed by atoms with Gasteiger partial charge in [0.1, 0.15) is 5.75 Å². The van der Waals surface area contributed by atoms with E-state index in [0.29, 0.717) is 19.4 Å². The van der Waals surface area contributed by atoms with Gasteiger partial charge in [-0.1, -0.05) is 0 Å². The molecule has 0 amide bonds. The lowest BCUT2D eigenvalue weighted by molar-refractivity contribution is 0.284. The van der Waals surface area contributed by atoms with Crippen LogP contribution in [0.4, 0.5) is 0 Å². The molecule has 1 aromatic carbocycles.